The van der Waals surface area contributed by atoms with E-state index in [1.165, 1.54) is 0 Å². The molecule has 0 radical (unpaired) electrons. The molecule has 6 heteroatoms. The molecule has 1 atom stereocenters. The van der Waals surface area contributed by atoms with Crippen molar-refractivity contribution in [3.05, 3.63) is 0 Å². The third-order valence-electron chi connectivity index (χ3n) is 3.25. The first-order valence-corrected chi connectivity index (χ1v) is 8.38. The largest absolute Gasteiger partial charge is 0.383 e. The van der Waals surface area contributed by atoms with Crippen LogP contribution in [0.2, 0.25) is 0 Å². The number of hydrogen-bond donors (Lipinski definition) is 1. The number of methoxy groups -OCH3 is 1. The van der Waals surface area contributed by atoms with Crippen LogP contribution in [0.5, 0.6) is 0 Å². The van der Waals surface area contributed by atoms with Gasteiger partial charge in [0.25, 0.3) is 0 Å². The van der Waals surface area contributed by atoms with Gasteiger partial charge in [0.2, 0.25) is 10.0 Å². The van der Waals surface area contributed by atoms with Gasteiger partial charge in [-0.3, -0.25) is 0 Å². The van der Waals surface area contributed by atoms with Crippen molar-refractivity contribution in [2.45, 2.75) is 26.2 Å². The molecule has 1 rings (SSSR count). The zero-order chi connectivity index (χ0) is 13.4. The lowest BCUT2D eigenvalue weighted by Gasteiger charge is -2.32. The van der Waals surface area contributed by atoms with E-state index in [-0.39, 0.29) is 5.75 Å². The second kappa shape index (κ2) is 8.09. The Bertz CT molecular complexity index is 319. The van der Waals surface area contributed by atoms with Crippen molar-refractivity contribution in [1.82, 2.24) is 9.62 Å². The van der Waals surface area contributed by atoms with Crippen LogP contribution in [0.15, 0.2) is 0 Å². The van der Waals surface area contributed by atoms with Gasteiger partial charge in [0.15, 0.2) is 0 Å². The van der Waals surface area contributed by atoms with Crippen LogP contribution in [-0.4, -0.2) is 58.4 Å². The average molecular weight is 278 g/mol. The highest BCUT2D eigenvalue weighted by molar-refractivity contribution is 7.89. The lowest BCUT2D eigenvalue weighted by Crippen LogP contribution is -2.43. The maximum Gasteiger partial charge on any atom is 0.214 e. The molecule has 0 aromatic carbocycles. The summed E-state index contributed by atoms with van der Waals surface area (Å²) < 4.78 is 30.6. The van der Waals surface area contributed by atoms with E-state index >= 15 is 0 Å². The Balaban J connectivity index is 2.36. The number of ether oxygens (including phenoxy) is 1. The van der Waals surface area contributed by atoms with Crippen molar-refractivity contribution in [3.8, 4) is 0 Å². The minimum absolute atomic E-state index is 0.275. The smallest absolute Gasteiger partial charge is 0.214 e. The molecule has 1 aliphatic heterocycles. The summed E-state index contributed by atoms with van der Waals surface area (Å²) in [6.45, 7) is 5.67. The monoisotopic (exact) mass is 278 g/mol. The van der Waals surface area contributed by atoms with E-state index in [1.807, 2.05) is 6.92 Å². The maximum absolute atomic E-state index is 12.0. The van der Waals surface area contributed by atoms with E-state index in [9.17, 15) is 8.42 Å². The summed E-state index contributed by atoms with van der Waals surface area (Å²) in [6.07, 6.45) is 2.77. The molecule has 0 bridgehead atoms. The van der Waals surface area contributed by atoms with Crippen LogP contribution in [0.25, 0.3) is 0 Å². The van der Waals surface area contributed by atoms with Gasteiger partial charge < -0.3 is 10.1 Å². The van der Waals surface area contributed by atoms with Crippen molar-refractivity contribution >= 4 is 10.0 Å². The summed E-state index contributed by atoms with van der Waals surface area (Å²) >= 11 is 0. The van der Waals surface area contributed by atoms with Crippen molar-refractivity contribution in [3.63, 3.8) is 0 Å². The number of hydrogen-bond acceptors (Lipinski definition) is 4. The van der Waals surface area contributed by atoms with Crippen molar-refractivity contribution in [1.29, 1.82) is 0 Å². The predicted octanol–water partition coefficient (Wildman–Crippen LogP) is 0.674. The maximum atomic E-state index is 12.0. The van der Waals surface area contributed by atoms with Crippen molar-refractivity contribution in [2.24, 2.45) is 5.92 Å². The SMILES string of the molecule is CCCS(=O)(=O)N1CCCC(CNCCOC)C1. The highest BCUT2D eigenvalue weighted by Gasteiger charge is 2.27. The van der Waals surface area contributed by atoms with Gasteiger partial charge in [-0.15, -0.1) is 0 Å². The molecule has 1 saturated heterocycles. The fraction of sp³-hybridized carbons (Fsp3) is 1.00. The van der Waals surface area contributed by atoms with Gasteiger partial charge in [-0.05, 0) is 31.7 Å². The summed E-state index contributed by atoms with van der Waals surface area (Å²) in [5.41, 5.74) is 0. The highest BCUT2D eigenvalue weighted by atomic mass is 32.2. The molecule has 5 nitrogen and oxygen atoms in total. The lowest BCUT2D eigenvalue weighted by molar-refractivity contribution is 0.193. The minimum Gasteiger partial charge on any atom is -0.383 e. The van der Waals surface area contributed by atoms with Crippen LogP contribution < -0.4 is 5.32 Å². The standard InChI is InChI=1S/C12H26N2O3S/c1-3-9-18(15,16)14-7-4-5-12(11-14)10-13-6-8-17-2/h12-13H,3-11H2,1-2H3. The Kier molecular flexibility index (Phi) is 7.14. The van der Waals surface area contributed by atoms with Gasteiger partial charge >= 0.3 is 0 Å². The fourth-order valence-corrected chi connectivity index (χ4v) is 3.93. The zero-order valence-electron chi connectivity index (χ0n) is 11.5. The normalized spacial score (nSPS) is 22.2. The molecule has 1 N–H and O–H groups in total. The number of sulfonamides is 1. The lowest BCUT2D eigenvalue weighted by atomic mass is 10.00. The van der Waals surface area contributed by atoms with Gasteiger partial charge in [0, 0.05) is 26.7 Å². The Morgan fingerprint density at radius 1 is 1.44 bits per heavy atom. The van der Waals surface area contributed by atoms with E-state index < -0.39 is 10.0 Å². The van der Waals surface area contributed by atoms with E-state index in [0.29, 0.717) is 32.0 Å². The number of nitrogens with one attached hydrogen (secondary N) is 1. The molecule has 0 amide bonds. The molecule has 0 aromatic rings. The topological polar surface area (TPSA) is 58.6 Å². The first-order chi connectivity index (χ1) is 8.60. The third kappa shape index (κ3) is 5.22. The highest BCUT2D eigenvalue weighted by Crippen LogP contribution is 2.19. The third-order valence-corrected chi connectivity index (χ3v) is 5.30. The Morgan fingerprint density at radius 3 is 2.89 bits per heavy atom. The molecule has 1 heterocycles. The molecular weight excluding hydrogens is 252 g/mol. The number of rotatable bonds is 8. The average Bonchev–Trinajstić information content (AvgIpc) is 2.35. The molecule has 1 aliphatic rings. The van der Waals surface area contributed by atoms with Crippen LogP contribution in [-0.2, 0) is 14.8 Å². The van der Waals surface area contributed by atoms with E-state index in [1.54, 1.807) is 11.4 Å². The predicted molar refractivity (Wildman–Crippen MR) is 73.1 cm³/mol. The van der Waals surface area contributed by atoms with Gasteiger partial charge in [-0.1, -0.05) is 6.92 Å². The Labute approximate surface area is 111 Å². The molecule has 0 saturated carbocycles. The molecular formula is C12H26N2O3S. The number of piperidine rings is 1. The van der Waals surface area contributed by atoms with E-state index in [2.05, 4.69) is 5.32 Å². The summed E-state index contributed by atoms with van der Waals surface area (Å²) in [7, 11) is -1.34. The summed E-state index contributed by atoms with van der Waals surface area (Å²) in [5, 5.41) is 3.31. The molecule has 108 valence electrons. The molecule has 0 aromatic heterocycles. The van der Waals surface area contributed by atoms with Gasteiger partial charge in [-0.25, -0.2) is 12.7 Å². The number of nitrogens with zero attached hydrogens (tertiary/aromatic N) is 1. The van der Waals surface area contributed by atoms with Crippen LogP contribution in [0.1, 0.15) is 26.2 Å². The zero-order valence-corrected chi connectivity index (χ0v) is 12.3. The Morgan fingerprint density at radius 2 is 2.22 bits per heavy atom. The van der Waals surface area contributed by atoms with Crippen molar-refractivity contribution < 1.29 is 13.2 Å². The van der Waals surface area contributed by atoms with Crippen LogP contribution in [0.3, 0.4) is 0 Å². The molecule has 18 heavy (non-hydrogen) atoms. The molecule has 1 fully saturated rings. The van der Waals surface area contributed by atoms with E-state index in [4.69, 9.17) is 4.74 Å². The second-order valence-electron chi connectivity index (χ2n) is 4.88. The molecule has 0 spiro atoms. The summed E-state index contributed by atoms with van der Waals surface area (Å²) in [5.74, 6) is 0.707. The molecule has 0 aliphatic carbocycles. The van der Waals surface area contributed by atoms with Crippen LogP contribution >= 0.6 is 0 Å². The minimum atomic E-state index is -3.02. The summed E-state index contributed by atoms with van der Waals surface area (Å²) in [6, 6.07) is 0. The fourth-order valence-electron chi connectivity index (χ4n) is 2.31. The quantitative estimate of drug-likeness (QED) is 0.663. The van der Waals surface area contributed by atoms with Crippen molar-refractivity contribution in [2.75, 3.05) is 45.6 Å². The first kappa shape index (κ1) is 15.9. The van der Waals surface area contributed by atoms with Crippen LogP contribution in [0.4, 0.5) is 0 Å². The molecule has 1 unspecified atom stereocenters. The second-order valence-corrected chi connectivity index (χ2v) is 6.97. The first-order valence-electron chi connectivity index (χ1n) is 6.77. The van der Waals surface area contributed by atoms with Gasteiger partial charge in [-0.2, -0.15) is 0 Å². The van der Waals surface area contributed by atoms with Crippen LogP contribution in [0, 0.1) is 5.92 Å². The van der Waals surface area contributed by atoms with Gasteiger partial charge in [0.1, 0.15) is 0 Å². The van der Waals surface area contributed by atoms with Gasteiger partial charge in [0.05, 0.1) is 12.4 Å². The van der Waals surface area contributed by atoms with E-state index in [0.717, 1.165) is 25.9 Å². The summed E-state index contributed by atoms with van der Waals surface area (Å²) in [4.78, 5) is 0. The Hall–Kier alpha value is -0.170.